The van der Waals surface area contributed by atoms with Gasteiger partial charge in [0.1, 0.15) is 0 Å². The van der Waals surface area contributed by atoms with Crippen LogP contribution in [-0.4, -0.2) is 15.0 Å². The van der Waals surface area contributed by atoms with Gasteiger partial charge in [0.15, 0.2) is 17.5 Å². The molecule has 234 valence electrons. The van der Waals surface area contributed by atoms with Crippen LogP contribution in [0.15, 0.2) is 188 Å². The summed E-state index contributed by atoms with van der Waals surface area (Å²) >= 11 is 0. The molecule has 0 saturated carbocycles. The van der Waals surface area contributed by atoms with E-state index in [1.165, 1.54) is 27.5 Å². The van der Waals surface area contributed by atoms with Gasteiger partial charge in [-0.05, 0) is 79.2 Å². The van der Waals surface area contributed by atoms with Gasteiger partial charge in [-0.2, -0.15) is 0 Å². The van der Waals surface area contributed by atoms with Crippen molar-refractivity contribution in [3.63, 3.8) is 0 Å². The molecule has 0 radical (unpaired) electrons. The molecule has 1 heterocycles. The summed E-state index contributed by atoms with van der Waals surface area (Å²) in [5, 5.41) is 4.63. The van der Waals surface area contributed by atoms with E-state index in [1.54, 1.807) is 0 Å². The SMILES string of the molecule is c1ccc(-c2ccc(-c3nc(-c4ccc5cc(-c6ccccc6)ccc5c4)nc(-c4cc(-c5ccccc5)c5ccccc5c4)n3)cc2)cc1. The lowest BCUT2D eigenvalue weighted by Gasteiger charge is -2.13. The zero-order valence-electron chi connectivity index (χ0n) is 27.2. The van der Waals surface area contributed by atoms with Crippen LogP contribution in [0.25, 0.3) is 89.1 Å². The van der Waals surface area contributed by atoms with Crippen LogP contribution in [0.2, 0.25) is 0 Å². The van der Waals surface area contributed by atoms with Crippen LogP contribution in [0.5, 0.6) is 0 Å². The second-order valence-corrected chi connectivity index (χ2v) is 12.5. The van der Waals surface area contributed by atoms with Crippen molar-refractivity contribution < 1.29 is 0 Å². The zero-order chi connectivity index (χ0) is 33.3. The molecular formula is C47H31N3. The highest BCUT2D eigenvalue weighted by molar-refractivity contribution is 6.00. The van der Waals surface area contributed by atoms with Gasteiger partial charge in [0.2, 0.25) is 0 Å². The first-order chi connectivity index (χ1) is 24.7. The molecule has 0 unspecified atom stereocenters. The van der Waals surface area contributed by atoms with E-state index in [1.807, 2.05) is 12.1 Å². The van der Waals surface area contributed by atoms with E-state index in [0.29, 0.717) is 17.5 Å². The fourth-order valence-electron chi connectivity index (χ4n) is 6.70. The largest absolute Gasteiger partial charge is 0.208 e. The third-order valence-corrected chi connectivity index (χ3v) is 9.30. The first-order valence-corrected chi connectivity index (χ1v) is 16.9. The van der Waals surface area contributed by atoms with Crippen molar-refractivity contribution in [2.24, 2.45) is 0 Å². The normalized spacial score (nSPS) is 11.2. The Hall–Kier alpha value is -6.71. The van der Waals surface area contributed by atoms with E-state index in [-0.39, 0.29) is 0 Å². The Morgan fingerprint density at radius 2 is 0.660 bits per heavy atom. The molecule has 0 saturated heterocycles. The third-order valence-electron chi connectivity index (χ3n) is 9.30. The van der Waals surface area contributed by atoms with Gasteiger partial charge in [-0.1, -0.05) is 164 Å². The predicted molar refractivity (Wildman–Crippen MR) is 207 cm³/mol. The third kappa shape index (κ3) is 5.72. The summed E-state index contributed by atoms with van der Waals surface area (Å²) < 4.78 is 0. The smallest absolute Gasteiger partial charge is 0.164 e. The Balaban J connectivity index is 1.20. The van der Waals surface area contributed by atoms with Gasteiger partial charge in [-0.25, -0.2) is 15.0 Å². The standard InChI is InChI=1S/C47H31N3/c1-4-12-32(13-5-1)34-20-22-36(23-21-34)45-48-46(41-27-26-38-28-37(24-25-39(38)29-41)33-14-6-2-7-15-33)50-47(49-45)42-30-40-18-10-11-19-43(40)44(31-42)35-16-8-3-9-17-35/h1-31H. The quantitative estimate of drug-likeness (QED) is 0.182. The number of benzene rings is 8. The number of hydrogen-bond acceptors (Lipinski definition) is 3. The molecule has 0 aliphatic rings. The maximum atomic E-state index is 5.16. The highest BCUT2D eigenvalue weighted by Crippen LogP contribution is 2.35. The van der Waals surface area contributed by atoms with Gasteiger partial charge in [-0.3, -0.25) is 0 Å². The van der Waals surface area contributed by atoms with Crippen molar-refractivity contribution in [1.29, 1.82) is 0 Å². The summed E-state index contributed by atoms with van der Waals surface area (Å²) in [6, 6.07) is 65.9. The van der Waals surface area contributed by atoms with Crippen LogP contribution in [0.3, 0.4) is 0 Å². The van der Waals surface area contributed by atoms with Gasteiger partial charge < -0.3 is 0 Å². The molecule has 0 aliphatic heterocycles. The molecular weight excluding hydrogens is 607 g/mol. The lowest BCUT2D eigenvalue weighted by atomic mass is 9.95. The fraction of sp³-hybridized carbons (Fsp3) is 0. The molecule has 3 nitrogen and oxygen atoms in total. The van der Waals surface area contributed by atoms with Crippen LogP contribution in [-0.2, 0) is 0 Å². The highest BCUT2D eigenvalue weighted by atomic mass is 15.0. The molecule has 1 aromatic heterocycles. The van der Waals surface area contributed by atoms with Crippen LogP contribution in [0, 0.1) is 0 Å². The summed E-state index contributed by atoms with van der Waals surface area (Å²) in [7, 11) is 0. The monoisotopic (exact) mass is 637 g/mol. The number of nitrogens with zero attached hydrogens (tertiary/aromatic N) is 3. The van der Waals surface area contributed by atoms with Crippen LogP contribution >= 0.6 is 0 Å². The molecule has 0 atom stereocenters. The van der Waals surface area contributed by atoms with Gasteiger partial charge in [0, 0.05) is 16.7 Å². The second-order valence-electron chi connectivity index (χ2n) is 12.5. The topological polar surface area (TPSA) is 38.7 Å². The molecule has 3 heteroatoms. The number of rotatable bonds is 6. The Labute approximate surface area is 291 Å². The predicted octanol–water partition coefficient (Wildman–Crippen LogP) is 12.2. The molecule has 0 spiro atoms. The van der Waals surface area contributed by atoms with Crippen molar-refractivity contribution in [2.75, 3.05) is 0 Å². The maximum absolute atomic E-state index is 5.16. The van der Waals surface area contributed by atoms with Crippen molar-refractivity contribution >= 4 is 21.5 Å². The molecule has 0 bridgehead atoms. The lowest BCUT2D eigenvalue weighted by molar-refractivity contribution is 1.08. The molecule has 0 fully saturated rings. The summed E-state index contributed by atoms with van der Waals surface area (Å²) in [6.45, 7) is 0. The molecule has 8 aromatic carbocycles. The Morgan fingerprint density at radius 1 is 0.240 bits per heavy atom. The lowest BCUT2D eigenvalue weighted by Crippen LogP contribution is -2.00. The number of hydrogen-bond donors (Lipinski definition) is 0. The second kappa shape index (κ2) is 12.7. The van der Waals surface area contributed by atoms with Crippen molar-refractivity contribution in [3.8, 4) is 67.5 Å². The molecule has 9 aromatic rings. The fourth-order valence-corrected chi connectivity index (χ4v) is 6.70. The Kier molecular flexibility index (Phi) is 7.49. The Bertz CT molecular complexity index is 2610. The first kappa shape index (κ1) is 29.4. The first-order valence-electron chi connectivity index (χ1n) is 16.9. The average molecular weight is 638 g/mol. The van der Waals surface area contributed by atoms with Crippen molar-refractivity contribution in [2.45, 2.75) is 0 Å². The maximum Gasteiger partial charge on any atom is 0.164 e. The number of aromatic nitrogens is 3. The van der Waals surface area contributed by atoms with Crippen LogP contribution in [0.1, 0.15) is 0 Å². The van der Waals surface area contributed by atoms with E-state index >= 15 is 0 Å². The summed E-state index contributed by atoms with van der Waals surface area (Å²) in [5.74, 6) is 1.92. The van der Waals surface area contributed by atoms with E-state index in [2.05, 4.69) is 176 Å². The summed E-state index contributed by atoms with van der Waals surface area (Å²) in [6.07, 6.45) is 0. The molecule has 0 amide bonds. The molecule has 0 N–H and O–H groups in total. The Morgan fingerprint density at radius 3 is 1.32 bits per heavy atom. The highest BCUT2D eigenvalue weighted by Gasteiger charge is 2.16. The molecule has 0 aliphatic carbocycles. The van der Waals surface area contributed by atoms with E-state index in [0.717, 1.165) is 44.2 Å². The van der Waals surface area contributed by atoms with Gasteiger partial charge >= 0.3 is 0 Å². The van der Waals surface area contributed by atoms with Crippen molar-refractivity contribution in [3.05, 3.63) is 188 Å². The zero-order valence-corrected chi connectivity index (χ0v) is 27.2. The van der Waals surface area contributed by atoms with Crippen LogP contribution in [0.4, 0.5) is 0 Å². The number of fused-ring (bicyclic) bond motifs is 2. The van der Waals surface area contributed by atoms with Crippen LogP contribution < -0.4 is 0 Å². The van der Waals surface area contributed by atoms with Gasteiger partial charge in [0.25, 0.3) is 0 Å². The average Bonchev–Trinajstić information content (AvgIpc) is 3.21. The minimum atomic E-state index is 0.638. The minimum absolute atomic E-state index is 0.638. The van der Waals surface area contributed by atoms with E-state index < -0.39 is 0 Å². The summed E-state index contributed by atoms with van der Waals surface area (Å²) in [5.41, 5.74) is 9.85. The molecule has 50 heavy (non-hydrogen) atoms. The van der Waals surface area contributed by atoms with Crippen molar-refractivity contribution in [1.82, 2.24) is 15.0 Å². The van der Waals surface area contributed by atoms with Gasteiger partial charge in [0.05, 0.1) is 0 Å². The van der Waals surface area contributed by atoms with E-state index in [4.69, 9.17) is 15.0 Å². The van der Waals surface area contributed by atoms with E-state index in [9.17, 15) is 0 Å². The minimum Gasteiger partial charge on any atom is -0.208 e. The molecule has 9 rings (SSSR count). The summed E-state index contributed by atoms with van der Waals surface area (Å²) in [4.78, 5) is 15.4. The van der Waals surface area contributed by atoms with Gasteiger partial charge in [-0.15, -0.1) is 0 Å².